The molecule has 3 N–H and O–H groups in total. The zero-order chi connectivity index (χ0) is 28.8. The number of nitrogens with one attached hydrogen (secondary N) is 3. The van der Waals surface area contributed by atoms with Gasteiger partial charge in [0.15, 0.2) is 4.34 Å². The molecule has 0 aliphatic carbocycles. The van der Waals surface area contributed by atoms with Gasteiger partial charge in [-0.1, -0.05) is 71.9 Å². The molecule has 0 spiro atoms. The van der Waals surface area contributed by atoms with Crippen molar-refractivity contribution < 1.29 is 14.4 Å². The van der Waals surface area contributed by atoms with Gasteiger partial charge in [0.05, 0.1) is 27.1 Å². The number of hydrogen-bond acceptors (Lipinski definition) is 6. The van der Waals surface area contributed by atoms with Crippen molar-refractivity contribution in [2.24, 2.45) is 0 Å². The fourth-order valence-electron chi connectivity index (χ4n) is 4.26. The predicted octanol–water partition coefficient (Wildman–Crippen LogP) is 6.83. The minimum Gasteiger partial charge on any atom is -0.348 e. The molecule has 9 heteroatoms. The first-order valence-corrected chi connectivity index (χ1v) is 14.8. The Morgan fingerprint density at radius 3 is 2.29 bits per heavy atom. The summed E-state index contributed by atoms with van der Waals surface area (Å²) < 4.78 is 1.65. The highest BCUT2D eigenvalue weighted by Crippen LogP contribution is 2.31. The third kappa shape index (κ3) is 7.19. The summed E-state index contributed by atoms with van der Waals surface area (Å²) in [6, 6.07) is 27.7. The van der Waals surface area contributed by atoms with Crippen molar-refractivity contribution in [2.75, 3.05) is 16.4 Å². The molecule has 0 radical (unpaired) electrons. The number of amides is 3. The second kappa shape index (κ2) is 12.8. The number of anilines is 2. The van der Waals surface area contributed by atoms with E-state index in [-0.39, 0.29) is 29.0 Å². The fraction of sp³-hybridized carbons (Fsp3) is 0.125. The lowest BCUT2D eigenvalue weighted by atomic mass is 10.1. The molecule has 0 saturated heterocycles. The highest BCUT2D eigenvalue weighted by molar-refractivity contribution is 8.01. The Morgan fingerprint density at radius 2 is 1.54 bits per heavy atom. The first-order chi connectivity index (χ1) is 19.9. The summed E-state index contributed by atoms with van der Waals surface area (Å²) in [5.41, 5.74) is 5.91. The van der Waals surface area contributed by atoms with Crippen molar-refractivity contribution >= 4 is 62.4 Å². The normalized spacial score (nSPS) is 10.8. The second-order valence-electron chi connectivity index (χ2n) is 9.49. The topological polar surface area (TPSA) is 100 Å². The van der Waals surface area contributed by atoms with Gasteiger partial charge in [0, 0.05) is 17.9 Å². The van der Waals surface area contributed by atoms with Gasteiger partial charge in [0.25, 0.3) is 11.8 Å². The van der Waals surface area contributed by atoms with Gasteiger partial charge >= 0.3 is 0 Å². The van der Waals surface area contributed by atoms with Crippen LogP contribution >= 0.6 is 23.1 Å². The van der Waals surface area contributed by atoms with Gasteiger partial charge in [-0.3, -0.25) is 14.4 Å². The van der Waals surface area contributed by atoms with Crippen LogP contribution in [-0.2, 0) is 11.3 Å². The van der Waals surface area contributed by atoms with Gasteiger partial charge in [-0.25, -0.2) is 4.98 Å². The standard InChI is InChI=1S/C32H28N4O3S2/c1-20-12-14-26(21(2)16-20)35-29(37)19-40-32-36-27-15-13-23(17-28(27)41-32)34-31(39)25-11-7-6-10-24(25)30(38)33-18-22-8-4-3-5-9-22/h3-17H,18-19H2,1-2H3,(H,33,38)(H,34,39)(H,35,37). The van der Waals surface area contributed by atoms with E-state index >= 15 is 0 Å². The van der Waals surface area contributed by atoms with Crippen LogP contribution in [0.2, 0.25) is 0 Å². The largest absolute Gasteiger partial charge is 0.348 e. The number of thiazole rings is 1. The highest BCUT2D eigenvalue weighted by atomic mass is 32.2. The van der Waals surface area contributed by atoms with Gasteiger partial charge in [0.1, 0.15) is 0 Å². The molecule has 0 bridgehead atoms. The maximum absolute atomic E-state index is 13.2. The predicted molar refractivity (Wildman–Crippen MR) is 167 cm³/mol. The molecule has 5 aromatic rings. The smallest absolute Gasteiger partial charge is 0.256 e. The molecular weight excluding hydrogens is 553 g/mol. The van der Waals surface area contributed by atoms with Gasteiger partial charge in [-0.05, 0) is 61.4 Å². The minimum atomic E-state index is -0.378. The summed E-state index contributed by atoms with van der Waals surface area (Å²) >= 11 is 2.83. The maximum atomic E-state index is 13.2. The number of benzene rings is 4. The number of nitrogens with zero attached hydrogens (tertiary/aromatic N) is 1. The van der Waals surface area contributed by atoms with E-state index in [1.165, 1.54) is 23.1 Å². The Kier molecular flexibility index (Phi) is 8.76. The van der Waals surface area contributed by atoms with Crippen LogP contribution in [0.15, 0.2) is 95.3 Å². The van der Waals surface area contributed by atoms with E-state index in [1.54, 1.807) is 30.3 Å². The van der Waals surface area contributed by atoms with Crippen LogP contribution in [0.25, 0.3) is 10.2 Å². The molecule has 7 nitrogen and oxygen atoms in total. The van der Waals surface area contributed by atoms with E-state index in [0.29, 0.717) is 17.8 Å². The van der Waals surface area contributed by atoms with Crippen molar-refractivity contribution in [1.82, 2.24) is 10.3 Å². The van der Waals surface area contributed by atoms with Crippen LogP contribution < -0.4 is 16.0 Å². The van der Waals surface area contributed by atoms with Gasteiger partial charge in [-0.15, -0.1) is 11.3 Å². The third-order valence-corrected chi connectivity index (χ3v) is 8.48. The molecule has 41 heavy (non-hydrogen) atoms. The Bertz CT molecular complexity index is 1730. The lowest BCUT2D eigenvalue weighted by Gasteiger charge is -2.11. The lowest BCUT2D eigenvalue weighted by molar-refractivity contribution is -0.113. The SMILES string of the molecule is Cc1ccc(NC(=O)CSc2nc3ccc(NC(=O)c4ccccc4C(=O)NCc4ccccc4)cc3s2)c(C)c1. The van der Waals surface area contributed by atoms with Crippen LogP contribution in [-0.4, -0.2) is 28.5 Å². The molecule has 3 amide bonds. The maximum Gasteiger partial charge on any atom is 0.256 e. The summed E-state index contributed by atoms with van der Waals surface area (Å²) in [6.07, 6.45) is 0. The zero-order valence-corrected chi connectivity index (χ0v) is 24.2. The van der Waals surface area contributed by atoms with E-state index in [2.05, 4.69) is 20.9 Å². The molecule has 0 atom stereocenters. The summed E-state index contributed by atoms with van der Waals surface area (Å²) in [7, 11) is 0. The average Bonchev–Trinajstić information content (AvgIpc) is 3.39. The fourth-order valence-corrected chi connectivity index (χ4v) is 6.17. The van der Waals surface area contributed by atoms with Crippen molar-refractivity contribution in [2.45, 2.75) is 24.7 Å². The van der Waals surface area contributed by atoms with Gasteiger partial charge < -0.3 is 16.0 Å². The summed E-state index contributed by atoms with van der Waals surface area (Å²) in [5, 5.41) is 8.75. The molecule has 1 aromatic heterocycles. The van der Waals surface area contributed by atoms with Gasteiger partial charge in [-0.2, -0.15) is 0 Å². The Hall–Kier alpha value is -4.47. The number of aromatic nitrogens is 1. The van der Waals surface area contributed by atoms with Crippen LogP contribution in [0.1, 0.15) is 37.4 Å². The van der Waals surface area contributed by atoms with Gasteiger partial charge in [0.2, 0.25) is 5.91 Å². The third-order valence-electron chi connectivity index (χ3n) is 6.32. The molecule has 1 heterocycles. The Balaban J connectivity index is 1.21. The Morgan fingerprint density at radius 1 is 0.805 bits per heavy atom. The van der Waals surface area contributed by atoms with Crippen LogP contribution in [0.3, 0.4) is 0 Å². The van der Waals surface area contributed by atoms with Crippen LogP contribution in [0.4, 0.5) is 11.4 Å². The van der Waals surface area contributed by atoms with E-state index in [9.17, 15) is 14.4 Å². The van der Waals surface area contributed by atoms with Crippen molar-refractivity contribution in [3.63, 3.8) is 0 Å². The van der Waals surface area contributed by atoms with Crippen molar-refractivity contribution in [3.8, 4) is 0 Å². The molecule has 5 rings (SSSR count). The molecule has 206 valence electrons. The lowest BCUT2D eigenvalue weighted by Crippen LogP contribution is -2.26. The quantitative estimate of drug-likeness (QED) is 0.166. The number of aryl methyl sites for hydroxylation is 2. The minimum absolute atomic E-state index is 0.0966. The first kappa shape index (κ1) is 28.1. The number of carbonyl (C=O) groups excluding carboxylic acids is 3. The summed E-state index contributed by atoms with van der Waals surface area (Å²) in [6.45, 7) is 4.36. The number of carbonyl (C=O) groups is 3. The first-order valence-electron chi connectivity index (χ1n) is 13.0. The second-order valence-corrected chi connectivity index (χ2v) is 11.7. The molecule has 0 saturated carbocycles. The highest BCUT2D eigenvalue weighted by Gasteiger charge is 2.17. The number of thioether (sulfide) groups is 1. The number of hydrogen-bond donors (Lipinski definition) is 3. The number of rotatable bonds is 9. The molecule has 0 aliphatic rings. The Labute approximate surface area is 246 Å². The molecule has 0 fully saturated rings. The molecule has 0 unspecified atom stereocenters. The van der Waals surface area contributed by atoms with E-state index in [1.807, 2.05) is 74.5 Å². The van der Waals surface area contributed by atoms with Crippen LogP contribution in [0, 0.1) is 13.8 Å². The zero-order valence-electron chi connectivity index (χ0n) is 22.6. The molecule has 0 aliphatic heterocycles. The van der Waals surface area contributed by atoms with E-state index in [4.69, 9.17) is 0 Å². The van der Waals surface area contributed by atoms with E-state index < -0.39 is 0 Å². The summed E-state index contributed by atoms with van der Waals surface area (Å²) in [4.78, 5) is 43.2. The van der Waals surface area contributed by atoms with Crippen molar-refractivity contribution in [3.05, 3.63) is 119 Å². The molecule has 4 aromatic carbocycles. The average molecular weight is 581 g/mol. The van der Waals surface area contributed by atoms with E-state index in [0.717, 1.165) is 36.9 Å². The monoisotopic (exact) mass is 580 g/mol. The summed E-state index contributed by atoms with van der Waals surface area (Å²) in [5.74, 6) is -0.557. The number of fused-ring (bicyclic) bond motifs is 1. The van der Waals surface area contributed by atoms with Crippen LogP contribution in [0.5, 0.6) is 0 Å². The molecular formula is C32H28N4O3S2. The van der Waals surface area contributed by atoms with Crippen molar-refractivity contribution in [1.29, 1.82) is 0 Å².